The summed E-state index contributed by atoms with van der Waals surface area (Å²) in [6.45, 7) is 6.31. The van der Waals surface area contributed by atoms with Gasteiger partial charge in [-0.3, -0.25) is 0 Å². The maximum atomic E-state index is 5.81. The van der Waals surface area contributed by atoms with Gasteiger partial charge in [0.1, 0.15) is 0 Å². The van der Waals surface area contributed by atoms with Crippen LogP contribution in [0.25, 0.3) is 0 Å². The molecule has 3 fully saturated rings. The Hall–Kier alpha value is -0.0800. The maximum Gasteiger partial charge on any atom is 0.168 e. The van der Waals surface area contributed by atoms with E-state index in [9.17, 15) is 0 Å². The average molecular weight is 238 g/mol. The molecule has 2 heteroatoms. The molecule has 2 aliphatic carbocycles. The Morgan fingerprint density at radius 1 is 1.00 bits per heavy atom. The van der Waals surface area contributed by atoms with Gasteiger partial charge in [-0.05, 0) is 49.4 Å². The molecule has 0 unspecified atom stereocenters. The molecule has 0 bridgehead atoms. The molecule has 98 valence electrons. The lowest BCUT2D eigenvalue weighted by Gasteiger charge is -2.53. The van der Waals surface area contributed by atoms with Gasteiger partial charge in [-0.15, -0.1) is 0 Å². The van der Waals surface area contributed by atoms with Crippen molar-refractivity contribution < 1.29 is 9.47 Å². The van der Waals surface area contributed by atoms with E-state index in [1.807, 2.05) is 0 Å². The predicted molar refractivity (Wildman–Crippen MR) is 67.7 cm³/mol. The molecule has 1 saturated heterocycles. The van der Waals surface area contributed by atoms with Crippen molar-refractivity contribution in [2.45, 2.75) is 64.6 Å². The summed E-state index contributed by atoms with van der Waals surface area (Å²) in [6, 6.07) is 0. The lowest BCUT2D eigenvalue weighted by Crippen LogP contribution is -2.46. The highest BCUT2D eigenvalue weighted by Gasteiger charge is 2.51. The standard InChI is InChI=1S/C15H26O2/c1-12(2)9-13-10-14(11-13)3-5-15(6-4-14)16-7-8-17-15/h12-13H,3-11H2,1-2H3. The fraction of sp³-hybridized carbons (Fsp3) is 1.00. The molecule has 2 saturated carbocycles. The Morgan fingerprint density at radius 3 is 2.12 bits per heavy atom. The van der Waals surface area contributed by atoms with Gasteiger partial charge in [0.2, 0.25) is 0 Å². The van der Waals surface area contributed by atoms with Crippen molar-refractivity contribution in [1.82, 2.24) is 0 Å². The molecule has 0 aromatic carbocycles. The minimum Gasteiger partial charge on any atom is -0.348 e. The van der Waals surface area contributed by atoms with Crippen LogP contribution in [0.1, 0.15) is 58.8 Å². The van der Waals surface area contributed by atoms with Crippen LogP contribution in [0.15, 0.2) is 0 Å². The van der Waals surface area contributed by atoms with Crippen LogP contribution in [0.5, 0.6) is 0 Å². The normalized spacial score (nSPS) is 31.2. The maximum absolute atomic E-state index is 5.81. The third kappa shape index (κ3) is 2.26. The smallest absolute Gasteiger partial charge is 0.168 e. The van der Waals surface area contributed by atoms with Crippen molar-refractivity contribution in [3.8, 4) is 0 Å². The highest BCUT2D eigenvalue weighted by molar-refractivity contribution is 4.99. The van der Waals surface area contributed by atoms with Crippen molar-refractivity contribution in [2.75, 3.05) is 13.2 Å². The summed E-state index contributed by atoms with van der Waals surface area (Å²) < 4.78 is 11.6. The summed E-state index contributed by atoms with van der Waals surface area (Å²) >= 11 is 0. The van der Waals surface area contributed by atoms with Crippen LogP contribution in [-0.2, 0) is 9.47 Å². The molecule has 0 atom stereocenters. The van der Waals surface area contributed by atoms with Gasteiger partial charge in [-0.2, -0.15) is 0 Å². The van der Waals surface area contributed by atoms with Crippen LogP contribution in [0.4, 0.5) is 0 Å². The van der Waals surface area contributed by atoms with Crippen LogP contribution in [0.3, 0.4) is 0 Å². The first-order valence-corrected chi connectivity index (χ1v) is 7.39. The molecule has 0 radical (unpaired) electrons. The second-order valence-corrected chi connectivity index (χ2v) is 7.01. The van der Waals surface area contributed by atoms with Crippen molar-refractivity contribution >= 4 is 0 Å². The molecule has 3 rings (SSSR count). The molecule has 1 heterocycles. The van der Waals surface area contributed by atoms with Gasteiger partial charge in [-0.1, -0.05) is 13.8 Å². The first-order chi connectivity index (χ1) is 8.12. The summed E-state index contributed by atoms with van der Waals surface area (Å²) in [6.07, 6.45) is 9.33. The van der Waals surface area contributed by atoms with Gasteiger partial charge in [0.25, 0.3) is 0 Å². The molecule has 0 aromatic rings. The van der Waals surface area contributed by atoms with Gasteiger partial charge in [0, 0.05) is 12.8 Å². The number of rotatable bonds is 2. The Kier molecular flexibility index (Phi) is 2.99. The average Bonchev–Trinajstić information content (AvgIpc) is 2.68. The van der Waals surface area contributed by atoms with Crippen LogP contribution in [0.2, 0.25) is 0 Å². The predicted octanol–water partition coefficient (Wildman–Crippen LogP) is 3.75. The van der Waals surface area contributed by atoms with Crippen LogP contribution >= 0.6 is 0 Å². The van der Waals surface area contributed by atoms with E-state index < -0.39 is 0 Å². The van der Waals surface area contributed by atoms with Crippen molar-refractivity contribution in [3.05, 3.63) is 0 Å². The molecular weight excluding hydrogens is 212 g/mol. The van der Waals surface area contributed by atoms with E-state index in [0.29, 0.717) is 5.41 Å². The van der Waals surface area contributed by atoms with E-state index in [-0.39, 0.29) is 5.79 Å². The van der Waals surface area contributed by atoms with Crippen molar-refractivity contribution in [1.29, 1.82) is 0 Å². The number of ether oxygens (including phenoxy) is 2. The zero-order chi connectivity index (χ0) is 11.9. The Bertz CT molecular complexity index is 261. The second-order valence-electron chi connectivity index (χ2n) is 7.01. The summed E-state index contributed by atoms with van der Waals surface area (Å²) in [5, 5.41) is 0. The molecule has 1 aliphatic heterocycles. The van der Waals surface area contributed by atoms with Gasteiger partial charge in [0.05, 0.1) is 13.2 Å². The van der Waals surface area contributed by atoms with Gasteiger partial charge >= 0.3 is 0 Å². The Labute approximate surface area is 105 Å². The molecule has 3 aliphatic rings. The molecule has 2 spiro atoms. The van der Waals surface area contributed by atoms with E-state index in [1.54, 1.807) is 0 Å². The van der Waals surface area contributed by atoms with E-state index >= 15 is 0 Å². The molecule has 0 N–H and O–H groups in total. The van der Waals surface area contributed by atoms with Crippen LogP contribution < -0.4 is 0 Å². The zero-order valence-corrected chi connectivity index (χ0v) is 11.3. The first kappa shape index (κ1) is 12.0. The Balaban J connectivity index is 1.49. The van der Waals surface area contributed by atoms with Gasteiger partial charge in [0.15, 0.2) is 5.79 Å². The minimum atomic E-state index is -0.158. The van der Waals surface area contributed by atoms with Crippen molar-refractivity contribution in [2.24, 2.45) is 17.3 Å². The summed E-state index contributed by atoms with van der Waals surface area (Å²) in [4.78, 5) is 0. The summed E-state index contributed by atoms with van der Waals surface area (Å²) in [5.74, 6) is 1.72. The third-order valence-electron chi connectivity index (χ3n) is 5.13. The molecular formula is C15H26O2. The SMILES string of the molecule is CC(C)CC1CC2(CCC3(CC2)OCCO3)C1. The van der Waals surface area contributed by atoms with E-state index in [0.717, 1.165) is 37.9 Å². The topological polar surface area (TPSA) is 18.5 Å². The number of hydrogen-bond acceptors (Lipinski definition) is 2. The third-order valence-corrected chi connectivity index (χ3v) is 5.13. The highest BCUT2D eigenvalue weighted by Crippen LogP contribution is 2.58. The van der Waals surface area contributed by atoms with Crippen LogP contribution in [-0.4, -0.2) is 19.0 Å². The minimum absolute atomic E-state index is 0.158. The lowest BCUT2D eigenvalue weighted by atomic mass is 9.54. The van der Waals surface area contributed by atoms with Crippen LogP contribution in [0, 0.1) is 17.3 Å². The fourth-order valence-electron chi connectivity index (χ4n) is 4.35. The molecule has 0 amide bonds. The number of hydrogen-bond donors (Lipinski definition) is 0. The summed E-state index contributed by atoms with van der Waals surface area (Å²) in [5.41, 5.74) is 0.681. The van der Waals surface area contributed by atoms with Gasteiger partial charge < -0.3 is 9.47 Å². The van der Waals surface area contributed by atoms with E-state index in [1.165, 1.54) is 32.1 Å². The lowest BCUT2D eigenvalue weighted by molar-refractivity contribution is -0.203. The second kappa shape index (κ2) is 4.24. The fourth-order valence-corrected chi connectivity index (χ4v) is 4.35. The molecule has 0 aromatic heterocycles. The van der Waals surface area contributed by atoms with Gasteiger partial charge in [-0.25, -0.2) is 0 Å². The highest BCUT2D eigenvalue weighted by atomic mass is 16.7. The van der Waals surface area contributed by atoms with Crippen molar-refractivity contribution in [3.63, 3.8) is 0 Å². The Morgan fingerprint density at radius 2 is 1.59 bits per heavy atom. The first-order valence-electron chi connectivity index (χ1n) is 7.39. The van der Waals surface area contributed by atoms with E-state index in [4.69, 9.17) is 9.47 Å². The monoisotopic (exact) mass is 238 g/mol. The molecule has 17 heavy (non-hydrogen) atoms. The molecule has 2 nitrogen and oxygen atoms in total. The quantitative estimate of drug-likeness (QED) is 0.729. The zero-order valence-electron chi connectivity index (χ0n) is 11.3. The largest absolute Gasteiger partial charge is 0.348 e. The van der Waals surface area contributed by atoms with E-state index in [2.05, 4.69) is 13.8 Å². The summed E-state index contributed by atoms with van der Waals surface area (Å²) in [7, 11) is 0.